The topological polar surface area (TPSA) is 17.1 Å². The summed E-state index contributed by atoms with van der Waals surface area (Å²) in [7, 11) is 0. The fourth-order valence-electron chi connectivity index (χ4n) is 0.912. The zero-order valence-electron chi connectivity index (χ0n) is 6.53. The van der Waals surface area contributed by atoms with E-state index in [-0.39, 0.29) is 0 Å². The molecule has 14 heavy (non-hydrogen) atoms. The van der Waals surface area contributed by atoms with E-state index in [1.165, 1.54) is 0 Å². The fraction of sp³-hybridized carbons (Fsp3) is 0.125. The summed E-state index contributed by atoms with van der Waals surface area (Å²) >= 11 is 4.87. The van der Waals surface area contributed by atoms with E-state index >= 15 is 0 Å². The standard InChI is InChI=1S/C8H3ClF4O/c9-7(14)4-1-3(10)2-5(6(4)11)8(12)13/h1-2,8H. The Morgan fingerprint density at radius 3 is 2.29 bits per heavy atom. The van der Waals surface area contributed by atoms with Gasteiger partial charge in [-0.15, -0.1) is 0 Å². The number of halogens is 5. The quantitative estimate of drug-likeness (QED) is 0.559. The van der Waals surface area contributed by atoms with Gasteiger partial charge in [-0.1, -0.05) is 0 Å². The number of carbonyl (C=O) groups excluding carboxylic acids is 1. The van der Waals surface area contributed by atoms with Crippen molar-refractivity contribution in [2.45, 2.75) is 6.43 Å². The molecule has 0 saturated carbocycles. The van der Waals surface area contributed by atoms with E-state index in [4.69, 9.17) is 11.6 Å². The average molecular weight is 227 g/mol. The molecular weight excluding hydrogens is 224 g/mol. The summed E-state index contributed by atoms with van der Waals surface area (Å²) in [5.41, 5.74) is -2.06. The number of carbonyl (C=O) groups is 1. The highest BCUT2D eigenvalue weighted by atomic mass is 35.5. The first-order valence-electron chi connectivity index (χ1n) is 3.40. The minimum atomic E-state index is -3.19. The molecular formula is C8H3ClF4O. The van der Waals surface area contributed by atoms with Gasteiger partial charge in [0, 0.05) is 0 Å². The lowest BCUT2D eigenvalue weighted by Gasteiger charge is -2.04. The van der Waals surface area contributed by atoms with Gasteiger partial charge < -0.3 is 0 Å². The molecule has 1 nitrogen and oxygen atoms in total. The van der Waals surface area contributed by atoms with Crippen LogP contribution in [0.1, 0.15) is 22.3 Å². The summed E-state index contributed by atoms with van der Waals surface area (Å²) in [4.78, 5) is 10.5. The number of benzene rings is 1. The van der Waals surface area contributed by atoms with Crippen LogP contribution < -0.4 is 0 Å². The molecule has 0 unspecified atom stereocenters. The molecule has 0 saturated heterocycles. The molecule has 1 aromatic rings. The van der Waals surface area contributed by atoms with Crippen molar-refractivity contribution in [3.05, 3.63) is 34.9 Å². The molecule has 0 heterocycles. The SMILES string of the molecule is O=C(Cl)c1cc(F)cc(C(F)F)c1F. The molecule has 0 aliphatic rings. The second-order valence-electron chi connectivity index (χ2n) is 2.43. The Hall–Kier alpha value is -1.10. The maximum Gasteiger partial charge on any atom is 0.266 e. The molecule has 0 fully saturated rings. The Morgan fingerprint density at radius 1 is 1.29 bits per heavy atom. The van der Waals surface area contributed by atoms with Crippen LogP contribution in [0.25, 0.3) is 0 Å². The maximum absolute atomic E-state index is 13.0. The summed E-state index contributed by atoms with van der Waals surface area (Å²) in [5, 5.41) is -1.32. The molecule has 0 aliphatic carbocycles. The Bertz CT molecular complexity index is 378. The molecule has 0 N–H and O–H groups in total. The third-order valence-electron chi connectivity index (χ3n) is 1.51. The third-order valence-corrected chi connectivity index (χ3v) is 1.72. The lowest BCUT2D eigenvalue weighted by molar-refractivity contribution is 0.107. The summed E-state index contributed by atoms with van der Waals surface area (Å²) < 4.78 is 49.8. The van der Waals surface area contributed by atoms with Gasteiger partial charge in [0.25, 0.3) is 11.7 Å². The van der Waals surface area contributed by atoms with Crippen molar-refractivity contribution in [1.82, 2.24) is 0 Å². The number of hydrogen-bond acceptors (Lipinski definition) is 1. The number of rotatable bonds is 2. The zero-order chi connectivity index (χ0) is 10.9. The highest BCUT2D eigenvalue weighted by Gasteiger charge is 2.21. The summed E-state index contributed by atoms with van der Waals surface area (Å²) in [5.74, 6) is -2.62. The lowest BCUT2D eigenvalue weighted by Crippen LogP contribution is -2.01. The predicted octanol–water partition coefficient (Wildman–Crippen LogP) is 3.28. The van der Waals surface area contributed by atoms with Gasteiger partial charge in [-0.25, -0.2) is 17.6 Å². The average Bonchev–Trinajstić information content (AvgIpc) is 2.07. The van der Waals surface area contributed by atoms with Gasteiger partial charge in [0.2, 0.25) is 0 Å². The molecule has 0 spiro atoms. The van der Waals surface area contributed by atoms with Gasteiger partial charge in [0.15, 0.2) is 0 Å². The zero-order valence-corrected chi connectivity index (χ0v) is 7.29. The van der Waals surface area contributed by atoms with Gasteiger partial charge in [0.05, 0.1) is 11.1 Å². The first kappa shape index (κ1) is 11.0. The highest BCUT2D eigenvalue weighted by Crippen LogP contribution is 2.26. The van der Waals surface area contributed by atoms with Crippen LogP contribution in [0.15, 0.2) is 12.1 Å². The molecule has 1 aromatic carbocycles. The van der Waals surface area contributed by atoms with E-state index in [1.54, 1.807) is 0 Å². The number of alkyl halides is 2. The van der Waals surface area contributed by atoms with Crippen molar-refractivity contribution in [2.75, 3.05) is 0 Å². The lowest BCUT2D eigenvalue weighted by atomic mass is 10.1. The molecule has 0 atom stereocenters. The van der Waals surface area contributed by atoms with Gasteiger partial charge in [-0.05, 0) is 23.7 Å². The maximum atomic E-state index is 13.0. The largest absolute Gasteiger partial charge is 0.275 e. The van der Waals surface area contributed by atoms with Crippen molar-refractivity contribution < 1.29 is 22.4 Å². The third kappa shape index (κ3) is 2.04. The fourth-order valence-corrected chi connectivity index (χ4v) is 1.05. The second-order valence-corrected chi connectivity index (χ2v) is 2.77. The highest BCUT2D eigenvalue weighted by molar-refractivity contribution is 6.67. The Labute approximate surface area is 81.3 Å². The van der Waals surface area contributed by atoms with E-state index < -0.39 is 34.4 Å². The molecule has 6 heteroatoms. The van der Waals surface area contributed by atoms with E-state index in [0.29, 0.717) is 12.1 Å². The smallest absolute Gasteiger partial charge is 0.266 e. The van der Waals surface area contributed by atoms with Crippen LogP contribution in [0, 0.1) is 11.6 Å². The van der Waals surface area contributed by atoms with Gasteiger partial charge in [-0.2, -0.15) is 0 Å². The van der Waals surface area contributed by atoms with Crippen LogP contribution in [0.4, 0.5) is 17.6 Å². The van der Waals surface area contributed by atoms with E-state index in [9.17, 15) is 22.4 Å². The summed E-state index contributed by atoms with van der Waals surface area (Å²) in [6, 6.07) is 0.792. The van der Waals surface area contributed by atoms with Crippen LogP contribution in [-0.4, -0.2) is 5.24 Å². The normalized spacial score (nSPS) is 10.7. The van der Waals surface area contributed by atoms with Crippen LogP contribution in [0.3, 0.4) is 0 Å². The van der Waals surface area contributed by atoms with Gasteiger partial charge >= 0.3 is 0 Å². The molecule has 0 amide bonds. The molecule has 0 radical (unpaired) electrons. The molecule has 0 aromatic heterocycles. The monoisotopic (exact) mass is 226 g/mol. The Balaban J connectivity index is 3.40. The van der Waals surface area contributed by atoms with Crippen molar-refractivity contribution in [3.63, 3.8) is 0 Å². The van der Waals surface area contributed by atoms with Crippen molar-refractivity contribution in [2.24, 2.45) is 0 Å². The van der Waals surface area contributed by atoms with E-state index in [0.717, 1.165) is 0 Å². The van der Waals surface area contributed by atoms with E-state index in [1.807, 2.05) is 0 Å². The number of hydrogen-bond donors (Lipinski definition) is 0. The molecule has 76 valence electrons. The minimum absolute atomic E-state index is 0.323. The van der Waals surface area contributed by atoms with Crippen molar-refractivity contribution >= 4 is 16.8 Å². The van der Waals surface area contributed by atoms with Crippen molar-refractivity contribution in [3.8, 4) is 0 Å². The Kier molecular flexibility index (Phi) is 3.10. The van der Waals surface area contributed by atoms with Crippen molar-refractivity contribution in [1.29, 1.82) is 0 Å². The Morgan fingerprint density at radius 2 is 1.86 bits per heavy atom. The molecule has 1 rings (SSSR count). The van der Waals surface area contributed by atoms with E-state index in [2.05, 4.69) is 0 Å². The molecule has 0 bridgehead atoms. The first-order chi connectivity index (χ1) is 6.43. The van der Waals surface area contributed by atoms with Crippen LogP contribution in [0.5, 0.6) is 0 Å². The summed E-state index contributed by atoms with van der Waals surface area (Å²) in [6.07, 6.45) is -3.19. The first-order valence-corrected chi connectivity index (χ1v) is 3.78. The van der Waals surface area contributed by atoms with Crippen LogP contribution in [0.2, 0.25) is 0 Å². The van der Waals surface area contributed by atoms with Gasteiger partial charge in [-0.3, -0.25) is 4.79 Å². The van der Waals surface area contributed by atoms with Crippen LogP contribution in [-0.2, 0) is 0 Å². The van der Waals surface area contributed by atoms with Crippen LogP contribution >= 0.6 is 11.6 Å². The summed E-state index contributed by atoms with van der Waals surface area (Å²) in [6.45, 7) is 0. The minimum Gasteiger partial charge on any atom is -0.275 e. The predicted molar refractivity (Wildman–Crippen MR) is 41.5 cm³/mol. The second kappa shape index (κ2) is 3.96. The van der Waals surface area contributed by atoms with Gasteiger partial charge in [0.1, 0.15) is 11.6 Å². The molecule has 0 aliphatic heterocycles.